The fourth-order valence-corrected chi connectivity index (χ4v) is 3.06. The Morgan fingerprint density at radius 3 is 2.80 bits per heavy atom. The van der Waals surface area contributed by atoms with E-state index in [0.29, 0.717) is 48.5 Å². The summed E-state index contributed by atoms with van der Waals surface area (Å²) in [6.07, 6.45) is 4.65. The number of nitrogens with one attached hydrogen (secondary N) is 1. The predicted molar refractivity (Wildman–Crippen MR) is 114 cm³/mol. The molecule has 8 nitrogen and oxygen atoms in total. The van der Waals surface area contributed by atoms with Crippen molar-refractivity contribution in [1.82, 2.24) is 19.9 Å². The molecule has 0 amide bonds. The lowest BCUT2D eigenvalue weighted by Gasteiger charge is -2.22. The molecular formula is C20H22FN5O3S. The number of pyridine rings is 2. The molecule has 4 heterocycles. The van der Waals surface area contributed by atoms with Gasteiger partial charge in [0.05, 0.1) is 12.8 Å². The monoisotopic (exact) mass is 431 g/mol. The molecule has 0 unspecified atom stereocenters. The van der Waals surface area contributed by atoms with Gasteiger partial charge in [0.25, 0.3) is 5.88 Å². The summed E-state index contributed by atoms with van der Waals surface area (Å²) < 4.78 is 30.1. The summed E-state index contributed by atoms with van der Waals surface area (Å²) in [6.45, 7) is 3.69. The van der Waals surface area contributed by atoms with Gasteiger partial charge >= 0.3 is 0 Å². The Kier molecular flexibility index (Phi) is 6.88. The molecule has 1 aliphatic rings. The van der Waals surface area contributed by atoms with Crippen LogP contribution in [0.15, 0.2) is 36.9 Å². The zero-order valence-electron chi connectivity index (χ0n) is 16.6. The van der Waals surface area contributed by atoms with Gasteiger partial charge in [0, 0.05) is 42.0 Å². The minimum Gasteiger partial charge on any atom is -0.484 e. The van der Waals surface area contributed by atoms with E-state index < -0.39 is 5.82 Å². The molecule has 3 aromatic rings. The van der Waals surface area contributed by atoms with Crippen molar-refractivity contribution in [2.45, 2.75) is 12.8 Å². The highest BCUT2D eigenvalue weighted by Crippen LogP contribution is 2.35. The van der Waals surface area contributed by atoms with Crippen LogP contribution in [0.1, 0.15) is 18.4 Å². The summed E-state index contributed by atoms with van der Waals surface area (Å²) >= 11 is 0. The predicted octanol–water partition coefficient (Wildman–Crippen LogP) is 3.18. The summed E-state index contributed by atoms with van der Waals surface area (Å²) in [5.74, 6) is 1.36. The first-order valence-electron chi connectivity index (χ1n) is 9.16. The summed E-state index contributed by atoms with van der Waals surface area (Å²) in [5, 5.41) is 3.29. The van der Waals surface area contributed by atoms with E-state index in [0.717, 1.165) is 5.56 Å². The van der Waals surface area contributed by atoms with Gasteiger partial charge in [-0.3, -0.25) is 0 Å². The SMILES string of the molecule is COc1ncc(-c2cc(NC[C@@H](C)c3ccnc4c3OCCO4)ncn2)cc1F.S. The molecule has 1 aliphatic heterocycles. The number of hydrogen-bond acceptors (Lipinski definition) is 8. The van der Waals surface area contributed by atoms with E-state index in [4.69, 9.17) is 14.2 Å². The molecule has 0 aromatic carbocycles. The summed E-state index contributed by atoms with van der Waals surface area (Å²) in [4.78, 5) is 16.6. The molecule has 0 fully saturated rings. The van der Waals surface area contributed by atoms with E-state index in [9.17, 15) is 4.39 Å². The maximum absolute atomic E-state index is 13.9. The zero-order valence-corrected chi connectivity index (χ0v) is 17.6. The standard InChI is InChI=1S/C20H20FN5O3.H2S/c1-12(14-3-4-22-20-18(14)28-5-6-29-20)9-23-17-8-16(25-11-26-17)13-7-15(21)19(27-2)24-10-13;/h3-4,7-8,10-12H,5-6,9H2,1-2H3,(H,23,25,26);1H2/t12-;/m1./s1. The fourth-order valence-electron chi connectivity index (χ4n) is 3.06. The molecule has 0 bridgehead atoms. The van der Waals surface area contributed by atoms with Crippen LogP contribution < -0.4 is 19.5 Å². The number of ether oxygens (including phenoxy) is 3. The van der Waals surface area contributed by atoms with E-state index in [1.807, 2.05) is 6.07 Å². The molecule has 0 spiro atoms. The van der Waals surface area contributed by atoms with Crippen LogP contribution in [-0.4, -0.2) is 46.8 Å². The normalized spacial score (nSPS) is 13.2. The second-order valence-electron chi connectivity index (χ2n) is 6.52. The van der Waals surface area contributed by atoms with Crippen molar-refractivity contribution in [2.24, 2.45) is 0 Å². The highest BCUT2D eigenvalue weighted by molar-refractivity contribution is 7.59. The number of hydrogen-bond donors (Lipinski definition) is 1. The van der Waals surface area contributed by atoms with Gasteiger partial charge in [0.2, 0.25) is 5.88 Å². The minimum absolute atomic E-state index is 0. The molecule has 0 radical (unpaired) electrons. The van der Waals surface area contributed by atoms with Gasteiger partial charge < -0.3 is 19.5 Å². The number of nitrogens with zero attached hydrogens (tertiary/aromatic N) is 4. The largest absolute Gasteiger partial charge is 0.484 e. The lowest BCUT2D eigenvalue weighted by molar-refractivity contribution is 0.162. The van der Waals surface area contributed by atoms with Crippen molar-refractivity contribution in [1.29, 1.82) is 0 Å². The second kappa shape index (κ2) is 9.57. The number of halogens is 1. The minimum atomic E-state index is -0.545. The third-order valence-electron chi connectivity index (χ3n) is 4.55. The highest BCUT2D eigenvalue weighted by Gasteiger charge is 2.20. The lowest BCUT2D eigenvalue weighted by Crippen LogP contribution is -2.19. The molecule has 10 heteroatoms. The number of aromatic nitrogens is 4. The molecule has 0 aliphatic carbocycles. The average molecular weight is 431 g/mol. The van der Waals surface area contributed by atoms with Crippen molar-refractivity contribution in [3.63, 3.8) is 0 Å². The Morgan fingerprint density at radius 2 is 2.00 bits per heavy atom. The van der Waals surface area contributed by atoms with E-state index in [1.165, 1.54) is 25.7 Å². The molecule has 4 rings (SSSR count). The molecule has 158 valence electrons. The third kappa shape index (κ3) is 4.54. The first-order valence-corrected chi connectivity index (χ1v) is 9.16. The van der Waals surface area contributed by atoms with Gasteiger partial charge in [0.15, 0.2) is 11.6 Å². The van der Waals surface area contributed by atoms with Crippen molar-refractivity contribution in [3.05, 3.63) is 48.3 Å². The van der Waals surface area contributed by atoms with Gasteiger partial charge in [-0.1, -0.05) is 6.92 Å². The number of methoxy groups -OCH3 is 1. The van der Waals surface area contributed by atoms with E-state index in [-0.39, 0.29) is 25.3 Å². The van der Waals surface area contributed by atoms with Crippen LogP contribution in [0.3, 0.4) is 0 Å². The third-order valence-corrected chi connectivity index (χ3v) is 4.55. The topological polar surface area (TPSA) is 91.3 Å². The molecular weight excluding hydrogens is 409 g/mol. The zero-order chi connectivity index (χ0) is 20.2. The lowest BCUT2D eigenvalue weighted by atomic mass is 10.0. The van der Waals surface area contributed by atoms with Crippen LogP contribution in [0.4, 0.5) is 10.2 Å². The van der Waals surface area contributed by atoms with Crippen LogP contribution in [0.25, 0.3) is 11.3 Å². The Bertz CT molecular complexity index is 1020. The molecule has 3 aromatic heterocycles. The maximum Gasteiger partial charge on any atom is 0.257 e. The Labute approximate surface area is 180 Å². The first-order chi connectivity index (χ1) is 14.2. The molecule has 0 saturated heterocycles. The van der Waals surface area contributed by atoms with Crippen LogP contribution in [0, 0.1) is 5.82 Å². The maximum atomic E-state index is 13.9. The van der Waals surface area contributed by atoms with Crippen molar-refractivity contribution in [2.75, 3.05) is 32.2 Å². The van der Waals surface area contributed by atoms with Gasteiger partial charge in [-0.15, -0.1) is 0 Å². The Balaban J connectivity index is 0.00000256. The van der Waals surface area contributed by atoms with Crippen LogP contribution in [-0.2, 0) is 0 Å². The molecule has 0 saturated carbocycles. The average Bonchev–Trinajstić information content (AvgIpc) is 2.77. The quantitative estimate of drug-likeness (QED) is 0.636. The molecule has 30 heavy (non-hydrogen) atoms. The van der Waals surface area contributed by atoms with Crippen LogP contribution in [0.5, 0.6) is 17.5 Å². The van der Waals surface area contributed by atoms with E-state index >= 15 is 0 Å². The van der Waals surface area contributed by atoms with Crippen molar-refractivity contribution in [3.8, 4) is 28.8 Å². The van der Waals surface area contributed by atoms with Crippen LogP contribution >= 0.6 is 13.5 Å². The van der Waals surface area contributed by atoms with Gasteiger partial charge in [-0.05, 0) is 12.1 Å². The van der Waals surface area contributed by atoms with E-state index in [2.05, 4.69) is 32.2 Å². The fraction of sp³-hybridized carbons (Fsp3) is 0.300. The number of fused-ring (bicyclic) bond motifs is 1. The summed E-state index contributed by atoms with van der Waals surface area (Å²) in [7, 11) is 1.37. The number of anilines is 1. The number of rotatable bonds is 6. The van der Waals surface area contributed by atoms with Crippen molar-refractivity contribution < 1.29 is 18.6 Å². The molecule has 1 atom stereocenters. The van der Waals surface area contributed by atoms with Gasteiger partial charge in [-0.25, -0.2) is 24.3 Å². The highest BCUT2D eigenvalue weighted by atomic mass is 32.1. The smallest absolute Gasteiger partial charge is 0.257 e. The Morgan fingerprint density at radius 1 is 1.17 bits per heavy atom. The van der Waals surface area contributed by atoms with Gasteiger partial charge in [-0.2, -0.15) is 13.5 Å². The van der Waals surface area contributed by atoms with E-state index in [1.54, 1.807) is 12.3 Å². The second-order valence-corrected chi connectivity index (χ2v) is 6.52. The molecule has 1 N–H and O–H groups in total. The summed E-state index contributed by atoms with van der Waals surface area (Å²) in [5.41, 5.74) is 2.11. The first kappa shape index (κ1) is 21.6. The van der Waals surface area contributed by atoms with Crippen LogP contribution in [0.2, 0.25) is 0 Å². The summed E-state index contributed by atoms with van der Waals surface area (Å²) in [6, 6.07) is 5.01. The Hall–Kier alpha value is -3.14. The van der Waals surface area contributed by atoms with Gasteiger partial charge in [0.1, 0.15) is 25.4 Å². The van der Waals surface area contributed by atoms with Crippen molar-refractivity contribution >= 4 is 19.3 Å².